The van der Waals surface area contributed by atoms with Gasteiger partial charge in [0, 0.05) is 6.42 Å². The summed E-state index contributed by atoms with van der Waals surface area (Å²) >= 11 is 2.22. The Hall–Kier alpha value is -0.390. The fraction of sp³-hybridized carbons (Fsp3) is 0.600. The zero-order valence-corrected chi connectivity index (χ0v) is 10.4. The number of nitrogens with zero attached hydrogens (tertiary/aromatic N) is 2. The molecule has 0 bridgehead atoms. The van der Waals surface area contributed by atoms with E-state index in [1.165, 1.54) is 12.8 Å². The molecule has 4 heteroatoms. The van der Waals surface area contributed by atoms with E-state index >= 15 is 0 Å². The first-order valence-electron chi connectivity index (χ1n) is 5.01. The molecule has 2 rings (SSSR count). The van der Waals surface area contributed by atoms with Crippen molar-refractivity contribution in [2.24, 2.45) is 5.92 Å². The molecule has 76 valence electrons. The van der Waals surface area contributed by atoms with Gasteiger partial charge in [-0.1, -0.05) is 6.92 Å². The number of nitrogen functional groups attached to an aromatic ring is 1. The zero-order chi connectivity index (χ0) is 10.1. The summed E-state index contributed by atoms with van der Waals surface area (Å²) in [6.45, 7) is 2.10. The van der Waals surface area contributed by atoms with E-state index in [1.54, 1.807) is 0 Å². The van der Waals surface area contributed by atoms with E-state index in [1.807, 2.05) is 0 Å². The van der Waals surface area contributed by atoms with Gasteiger partial charge in [-0.25, -0.2) is 9.97 Å². The second kappa shape index (κ2) is 4.00. The summed E-state index contributed by atoms with van der Waals surface area (Å²) in [5, 5.41) is 0. The molecular weight excluding hydrogens is 289 g/mol. The summed E-state index contributed by atoms with van der Waals surface area (Å²) < 4.78 is 1.02. The molecule has 0 amide bonds. The minimum Gasteiger partial charge on any atom is -0.383 e. The molecule has 1 aromatic heterocycles. The monoisotopic (exact) mass is 303 g/mol. The maximum atomic E-state index is 5.83. The fourth-order valence-electron chi connectivity index (χ4n) is 1.47. The van der Waals surface area contributed by atoms with Crippen molar-refractivity contribution in [2.45, 2.75) is 32.6 Å². The van der Waals surface area contributed by atoms with E-state index in [0.717, 1.165) is 33.8 Å². The van der Waals surface area contributed by atoms with Crippen LogP contribution in [0.2, 0.25) is 0 Å². The van der Waals surface area contributed by atoms with Crippen molar-refractivity contribution < 1.29 is 0 Å². The normalized spacial score (nSPS) is 15.9. The molecule has 0 spiro atoms. The average molecular weight is 303 g/mol. The topological polar surface area (TPSA) is 51.8 Å². The molecule has 3 nitrogen and oxygen atoms in total. The maximum Gasteiger partial charge on any atom is 0.140 e. The number of hydrogen-bond acceptors (Lipinski definition) is 3. The van der Waals surface area contributed by atoms with Gasteiger partial charge >= 0.3 is 0 Å². The molecular formula is C10H14IN3. The lowest BCUT2D eigenvalue weighted by Crippen LogP contribution is -2.07. The predicted molar refractivity (Wildman–Crippen MR) is 65.0 cm³/mol. The lowest BCUT2D eigenvalue weighted by Gasteiger charge is -2.06. The second-order valence-electron chi connectivity index (χ2n) is 3.79. The number of halogens is 1. The van der Waals surface area contributed by atoms with E-state index in [-0.39, 0.29) is 0 Å². The van der Waals surface area contributed by atoms with Gasteiger partial charge in [-0.15, -0.1) is 0 Å². The highest BCUT2D eigenvalue weighted by atomic mass is 127. The summed E-state index contributed by atoms with van der Waals surface area (Å²) in [6, 6.07) is 0. The molecule has 1 aliphatic rings. The van der Waals surface area contributed by atoms with Crippen molar-refractivity contribution in [3.63, 3.8) is 0 Å². The van der Waals surface area contributed by atoms with Crippen molar-refractivity contribution in [3.05, 3.63) is 15.1 Å². The van der Waals surface area contributed by atoms with Crippen LogP contribution in [0.1, 0.15) is 31.3 Å². The minimum absolute atomic E-state index is 0.646. The molecule has 0 aliphatic heterocycles. The first kappa shape index (κ1) is 10.1. The molecule has 1 aromatic rings. The van der Waals surface area contributed by atoms with Crippen LogP contribution >= 0.6 is 22.6 Å². The molecule has 1 heterocycles. The Kier molecular flexibility index (Phi) is 2.90. The Morgan fingerprint density at radius 2 is 2.14 bits per heavy atom. The third-order valence-electron chi connectivity index (χ3n) is 2.49. The van der Waals surface area contributed by atoms with E-state index in [9.17, 15) is 0 Å². The van der Waals surface area contributed by atoms with Crippen molar-refractivity contribution >= 4 is 28.4 Å². The summed E-state index contributed by atoms with van der Waals surface area (Å²) in [4.78, 5) is 8.85. The van der Waals surface area contributed by atoms with Crippen LogP contribution in [-0.4, -0.2) is 9.97 Å². The van der Waals surface area contributed by atoms with Gasteiger partial charge in [0.1, 0.15) is 11.6 Å². The largest absolute Gasteiger partial charge is 0.383 e. The molecule has 14 heavy (non-hydrogen) atoms. The zero-order valence-electron chi connectivity index (χ0n) is 8.26. The second-order valence-corrected chi connectivity index (χ2v) is 4.87. The molecule has 1 fully saturated rings. The summed E-state index contributed by atoms with van der Waals surface area (Å²) in [5.74, 6) is 2.40. The van der Waals surface area contributed by atoms with Crippen molar-refractivity contribution in [1.82, 2.24) is 9.97 Å². The first-order valence-corrected chi connectivity index (χ1v) is 6.09. The Bertz CT molecular complexity index is 347. The SMILES string of the molecule is CCc1nc(CC2CC2)nc(N)c1I. The average Bonchev–Trinajstić information content (AvgIpc) is 2.95. The van der Waals surface area contributed by atoms with Crippen molar-refractivity contribution in [1.29, 1.82) is 0 Å². The van der Waals surface area contributed by atoms with E-state index in [0.29, 0.717) is 5.82 Å². The van der Waals surface area contributed by atoms with Crippen molar-refractivity contribution in [2.75, 3.05) is 5.73 Å². The Morgan fingerprint density at radius 1 is 1.43 bits per heavy atom. The van der Waals surface area contributed by atoms with Crippen LogP contribution in [0.25, 0.3) is 0 Å². The van der Waals surface area contributed by atoms with E-state index < -0.39 is 0 Å². The highest BCUT2D eigenvalue weighted by molar-refractivity contribution is 14.1. The van der Waals surface area contributed by atoms with Crippen molar-refractivity contribution in [3.8, 4) is 0 Å². The van der Waals surface area contributed by atoms with E-state index in [4.69, 9.17) is 5.73 Å². The van der Waals surface area contributed by atoms with Gasteiger partial charge < -0.3 is 5.73 Å². The summed E-state index contributed by atoms with van der Waals surface area (Å²) in [6.07, 6.45) is 4.60. The molecule has 0 unspecified atom stereocenters. The minimum atomic E-state index is 0.646. The number of aromatic nitrogens is 2. The molecule has 0 atom stereocenters. The van der Waals surface area contributed by atoms with Crippen LogP contribution in [0.15, 0.2) is 0 Å². The van der Waals surface area contributed by atoms with Gasteiger partial charge in [0.05, 0.1) is 9.26 Å². The van der Waals surface area contributed by atoms with Gasteiger partial charge in [-0.3, -0.25) is 0 Å². The van der Waals surface area contributed by atoms with Gasteiger partial charge in [0.15, 0.2) is 0 Å². The lowest BCUT2D eigenvalue weighted by molar-refractivity contribution is 0.757. The Morgan fingerprint density at radius 3 is 2.71 bits per heavy atom. The third-order valence-corrected chi connectivity index (χ3v) is 3.67. The quantitative estimate of drug-likeness (QED) is 0.871. The van der Waals surface area contributed by atoms with Crippen LogP contribution in [-0.2, 0) is 12.8 Å². The number of anilines is 1. The van der Waals surface area contributed by atoms with Crippen LogP contribution in [0.5, 0.6) is 0 Å². The van der Waals surface area contributed by atoms with Gasteiger partial charge in [0.2, 0.25) is 0 Å². The Labute approximate surface area is 97.7 Å². The first-order chi connectivity index (χ1) is 6.70. The third kappa shape index (κ3) is 2.16. The smallest absolute Gasteiger partial charge is 0.140 e. The molecule has 0 aromatic carbocycles. The van der Waals surface area contributed by atoms with Crippen LogP contribution in [0, 0.1) is 9.49 Å². The number of aryl methyl sites for hydroxylation is 1. The standard InChI is InChI=1S/C10H14IN3/c1-2-7-9(11)10(12)14-8(13-7)5-6-3-4-6/h6H,2-5H2,1H3,(H2,12,13,14). The summed E-state index contributed by atoms with van der Waals surface area (Å²) in [7, 11) is 0. The van der Waals surface area contributed by atoms with Gasteiger partial charge in [0.25, 0.3) is 0 Å². The van der Waals surface area contributed by atoms with Crippen LogP contribution in [0.4, 0.5) is 5.82 Å². The van der Waals surface area contributed by atoms with Crippen LogP contribution < -0.4 is 5.73 Å². The van der Waals surface area contributed by atoms with Gasteiger partial charge in [-0.2, -0.15) is 0 Å². The molecule has 0 saturated heterocycles. The highest BCUT2D eigenvalue weighted by Gasteiger charge is 2.23. The molecule has 2 N–H and O–H groups in total. The summed E-state index contributed by atoms with van der Waals surface area (Å²) in [5.41, 5.74) is 6.93. The Balaban J connectivity index is 2.27. The number of hydrogen-bond donors (Lipinski definition) is 1. The molecule has 0 radical (unpaired) electrons. The van der Waals surface area contributed by atoms with Gasteiger partial charge in [-0.05, 0) is 47.8 Å². The highest BCUT2D eigenvalue weighted by Crippen LogP contribution is 2.32. The number of rotatable bonds is 3. The van der Waals surface area contributed by atoms with E-state index in [2.05, 4.69) is 39.5 Å². The molecule has 1 aliphatic carbocycles. The lowest BCUT2D eigenvalue weighted by atomic mass is 10.2. The molecule has 1 saturated carbocycles. The fourth-order valence-corrected chi connectivity index (χ4v) is 2.09. The maximum absolute atomic E-state index is 5.83. The van der Waals surface area contributed by atoms with Crippen LogP contribution in [0.3, 0.4) is 0 Å². The number of nitrogens with two attached hydrogens (primary N) is 1. The predicted octanol–water partition coefficient (Wildman–Crippen LogP) is 2.18.